The van der Waals surface area contributed by atoms with Crippen LogP contribution in [0.15, 0.2) is 40.6 Å². The highest BCUT2D eigenvalue weighted by atomic mass is 32.2. The Balaban J connectivity index is 2.27. The van der Waals surface area contributed by atoms with Gasteiger partial charge in [0.05, 0.1) is 22.3 Å². The Morgan fingerprint density at radius 1 is 1.41 bits per heavy atom. The lowest BCUT2D eigenvalue weighted by atomic mass is 10.2. The van der Waals surface area contributed by atoms with E-state index in [1.165, 1.54) is 24.3 Å². The van der Waals surface area contributed by atoms with Gasteiger partial charge in [0, 0.05) is 12.0 Å². The Hall–Kier alpha value is -2.33. The predicted octanol–water partition coefficient (Wildman–Crippen LogP) is 1.75. The van der Waals surface area contributed by atoms with Crippen molar-refractivity contribution in [2.75, 3.05) is 6.61 Å². The number of carbonyl (C=O) groups excluding carboxylic acids is 1. The first-order chi connectivity index (χ1) is 10.4. The van der Waals surface area contributed by atoms with Gasteiger partial charge in [-0.25, -0.2) is 8.42 Å². The second kappa shape index (κ2) is 6.20. The Kier molecular flexibility index (Phi) is 4.52. The lowest BCUT2D eigenvalue weighted by molar-refractivity contribution is 0.0930. The van der Waals surface area contributed by atoms with Crippen LogP contribution in [0.25, 0.3) is 0 Å². The molecule has 1 aromatic rings. The van der Waals surface area contributed by atoms with Gasteiger partial charge in [0.1, 0.15) is 6.07 Å². The maximum Gasteiger partial charge on any atom is 0.258 e. The number of amides is 1. The van der Waals surface area contributed by atoms with E-state index in [0.29, 0.717) is 18.6 Å². The number of rotatable bonds is 4. The third-order valence-corrected chi connectivity index (χ3v) is 5.43. The summed E-state index contributed by atoms with van der Waals surface area (Å²) in [5.41, 5.74) is 0.571. The zero-order valence-electron chi connectivity index (χ0n) is 12.3. The summed E-state index contributed by atoms with van der Waals surface area (Å²) >= 11 is 0. The summed E-state index contributed by atoms with van der Waals surface area (Å²) in [7, 11) is -3.45. The van der Waals surface area contributed by atoms with Gasteiger partial charge in [0.2, 0.25) is 5.88 Å². The number of hydrogen-bond donors (Lipinski definition) is 1. The lowest BCUT2D eigenvalue weighted by Gasteiger charge is -2.10. The van der Waals surface area contributed by atoms with Crippen molar-refractivity contribution in [3.8, 4) is 6.07 Å². The van der Waals surface area contributed by atoms with E-state index in [1.807, 2.05) is 6.07 Å². The van der Waals surface area contributed by atoms with Gasteiger partial charge < -0.3 is 4.74 Å². The molecule has 0 saturated heterocycles. The fraction of sp³-hybridized carbons (Fsp3) is 0.333. The summed E-state index contributed by atoms with van der Waals surface area (Å²) in [4.78, 5) is 12.3. The van der Waals surface area contributed by atoms with Crippen molar-refractivity contribution in [3.63, 3.8) is 0 Å². The minimum atomic E-state index is -3.45. The van der Waals surface area contributed by atoms with Crippen LogP contribution in [0.3, 0.4) is 0 Å². The van der Waals surface area contributed by atoms with Crippen molar-refractivity contribution in [3.05, 3.63) is 41.3 Å². The van der Waals surface area contributed by atoms with Crippen molar-refractivity contribution in [2.45, 2.75) is 30.4 Å². The maximum absolute atomic E-state index is 12.2. The van der Waals surface area contributed by atoms with E-state index in [1.54, 1.807) is 13.8 Å². The molecule has 0 atom stereocenters. The number of carbonyl (C=O) groups is 1. The SMILES string of the molecule is CC(C)S(=O)(=O)c1cccc(C(=O)NC2=C(C#N)CCO2)c1. The highest BCUT2D eigenvalue weighted by molar-refractivity contribution is 7.92. The number of nitrogens with zero attached hydrogens (tertiary/aromatic N) is 1. The molecule has 0 aliphatic carbocycles. The van der Waals surface area contributed by atoms with E-state index in [0.717, 1.165) is 0 Å². The van der Waals surface area contributed by atoms with Crippen LogP contribution < -0.4 is 5.32 Å². The second-order valence-corrected chi connectivity index (χ2v) is 7.60. The zero-order valence-corrected chi connectivity index (χ0v) is 13.1. The summed E-state index contributed by atoms with van der Waals surface area (Å²) in [5, 5.41) is 10.8. The van der Waals surface area contributed by atoms with Crippen molar-refractivity contribution < 1.29 is 17.9 Å². The maximum atomic E-state index is 12.2. The highest BCUT2D eigenvalue weighted by Gasteiger charge is 2.22. The first-order valence-electron chi connectivity index (χ1n) is 6.77. The molecule has 0 spiro atoms. The smallest absolute Gasteiger partial charge is 0.258 e. The van der Waals surface area contributed by atoms with E-state index in [2.05, 4.69) is 5.32 Å². The number of ether oxygens (including phenoxy) is 1. The van der Waals surface area contributed by atoms with Crippen LogP contribution in [-0.4, -0.2) is 26.2 Å². The zero-order chi connectivity index (χ0) is 16.3. The molecule has 6 nitrogen and oxygen atoms in total. The average Bonchev–Trinajstić information content (AvgIpc) is 2.94. The quantitative estimate of drug-likeness (QED) is 0.911. The topological polar surface area (TPSA) is 96.3 Å². The van der Waals surface area contributed by atoms with E-state index in [4.69, 9.17) is 10.00 Å². The average molecular weight is 320 g/mol. The minimum Gasteiger partial charge on any atom is -0.478 e. The normalized spacial score (nSPS) is 14.6. The van der Waals surface area contributed by atoms with Crippen LogP contribution in [0.5, 0.6) is 0 Å². The Labute approximate surface area is 129 Å². The Morgan fingerprint density at radius 3 is 2.77 bits per heavy atom. The van der Waals surface area contributed by atoms with Gasteiger partial charge in [-0.15, -0.1) is 0 Å². The van der Waals surface area contributed by atoms with E-state index in [-0.39, 0.29) is 16.3 Å². The van der Waals surface area contributed by atoms with Gasteiger partial charge in [-0.05, 0) is 32.0 Å². The summed E-state index contributed by atoms with van der Waals surface area (Å²) in [5.74, 6) is -0.366. The minimum absolute atomic E-state index is 0.0944. The molecule has 1 amide bonds. The fourth-order valence-electron chi connectivity index (χ4n) is 1.94. The van der Waals surface area contributed by atoms with Gasteiger partial charge >= 0.3 is 0 Å². The summed E-state index contributed by atoms with van der Waals surface area (Å²) < 4.78 is 29.5. The van der Waals surface area contributed by atoms with Crippen LogP contribution >= 0.6 is 0 Å². The largest absolute Gasteiger partial charge is 0.478 e. The molecule has 116 valence electrons. The first-order valence-corrected chi connectivity index (χ1v) is 8.32. The fourth-order valence-corrected chi connectivity index (χ4v) is 3.04. The Morgan fingerprint density at radius 2 is 2.14 bits per heavy atom. The third kappa shape index (κ3) is 3.12. The molecule has 0 aromatic heterocycles. The molecule has 1 aliphatic heterocycles. The molecule has 0 bridgehead atoms. The van der Waals surface area contributed by atoms with Crippen molar-refractivity contribution in [1.29, 1.82) is 5.26 Å². The molecule has 0 unspecified atom stereocenters. The van der Waals surface area contributed by atoms with Crippen LogP contribution in [0.1, 0.15) is 30.6 Å². The van der Waals surface area contributed by atoms with Crippen LogP contribution in [0, 0.1) is 11.3 Å². The van der Waals surface area contributed by atoms with E-state index < -0.39 is 21.0 Å². The van der Waals surface area contributed by atoms with Gasteiger partial charge in [-0.1, -0.05) is 6.07 Å². The number of sulfone groups is 1. The highest BCUT2D eigenvalue weighted by Crippen LogP contribution is 2.19. The number of hydrogen-bond acceptors (Lipinski definition) is 5. The van der Waals surface area contributed by atoms with Crippen LogP contribution in [-0.2, 0) is 14.6 Å². The summed E-state index contributed by atoms with van der Waals surface area (Å²) in [6, 6.07) is 7.77. The van der Waals surface area contributed by atoms with Crippen molar-refractivity contribution in [1.82, 2.24) is 5.32 Å². The number of nitriles is 1. The summed E-state index contributed by atoms with van der Waals surface area (Å²) in [6.45, 7) is 3.51. The monoisotopic (exact) mass is 320 g/mol. The molecule has 0 saturated carbocycles. The molecule has 22 heavy (non-hydrogen) atoms. The third-order valence-electron chi connectivity index (χ3n) is 3.28. The molecule has 0 radical (unpaired) electrons. The van der Waals surface area contributed by atoms with Crippen LogP contribution in [0.4, 0.5) is 0 Å². The van der Waals surface area contributed by atoms with Crippen molar-refractivity contribution >= 4 is 15.7 Å². The molecule has 0 fully saturated rings. The standard InChI is InChI=1S/C15H16N2O4S/c1-10(2)22(19,20)13-5-3-4-11(8-13)14(18)17-15-12(9-16)6-7-21-15/h3-5,8,10H,6-7H2,1-2H3,(H,17,18). The van der Waals surface area contributed by atoms with Gasteiger partial charge in [0.15, 0.2) is 9.84 Å². The molecule has 7 heteroatoms. The number of benzene rings is 1. The predicted molar refractivity (Wildman–Crippen MR) is 79.4 cm³/mol. The summed E-state index contributed by atoms with van der Waals surface area (Å²) in [6.07, 6.45) is 0.452. The Bertz CT molecular complexity index is 773. The van der Waals surface area contributed by atoms with Gasteiger partial charge in [0.25, 0.3) is 5.91 Å². The lowest BCUT2D eigenvalue weighted by Crippen LogP contribution is -2.24. The molecule has 2 rings (SSSR count). The molecular weight excluding hydrogens is 304 g/mol. The van der Waals surface area contributed by atoms with Crippen molar-refractivity contribution in [2.24, 2.45) is 0 Å². The van der Waals surface area contributed by atoms with Gasteiger partial charge in [-0.2, -0.15) is 5.26 Å². The van der Waals surface area contributed by atoms with E-state index in [9.17, 15) is 13.2 Å². The van der Waals surface area contributed by atoms with Crippen LogP contribution in [0.2, 0.25) is 0 Å². The molecule has 1 N–H and O–H groups in total. The molecule has 1 aromatic carbocycles. The number of nitrogens with one attached hydrogen (secondary N) is 1. The first kappa shape index (κ1) is 16.0. The molecular formula is C15H16N2O4S. The molecule has 1 heterocycles. The van der Waals surface area contributed by atoms with E-state index >= 15 is 0 Å². The van der Waals surface area contributed by atoms with Gasteiger partial charge in [-0.3, -0.25) is 10.1 Å². The molecule has 1 aliphatic rings. The second-order valence-electron chi connectivity index (χ2n) is 5.09.